The molecule has 10 aromatic carbocycles. The largest absolute Gasteiger partial charge is 0.456 e. The highest BCUT2D eigenvalue weighted by Crippen LogP contribution is 2.54. The first-order valence-corrected chi connectivity index (χ1v) is 28.7. The topological polar surface area (TPSA) is 32.8 Å². The molecule has 0 fully saturated rings. The van der Waals surface area contributed by atoms with E-state index in [1.807, 2.05) is 0 Å². The number of rotatable bonds is 4. The zero-order valence-electron chi connectivity index (χ0n) is 46.5. The Morgan fingerprint density at radius 1 is 0.354 bits per heavy atom. The van der Waals surface area contributed by atoms with Gasteiger partial charge in [-0.25, -0.2) is 0 Å². The van der Waals surface area contributed by atoms with Crippen molar-refractivity contribution in [3.8, 4) is 33.4 Å². The van der Waals surface area contributed by atoms with E-state index in [1.54, 1.807) is 0 Å². The number of hydrogen-bond donors (Lipinski definition) is 0. The third-order valence-corrected chi connectivity index (χ3v) is 19.5. The second-order valence-corrected chi connectivity index (χ2v) is 26.2. The fourth-order valence-corrected chi connectivity index (χ4v) is 14.7. The molecule has 0 amide bonds. The van der Waals surface area contributed by atoms with Crippen LogP contribution in [-0.2, 0) is 21.7 Å². The molecular weight excluding hydrogens is 960 g/mol. The maximum atomic E-state index is 7.22. The molecule has 0 saturated carbocycles. The van der Waals surface area contributed by atoms with E-state index in [2.05, 4.69) is 253 Å². The molecule has 0 spiro atoms. The molecule has 79 heavy (non-hydrogen) atoms. The molecule has 12 aromatic rings. The lowest BCUT2D eigenvalue weighted by atomic mass is 9.43. The van der Waals surface area contributed by atoms with Crippen molar-refractivity contribution >= 4 is 101 Å². The minimum Gasteiger partial charge on any atom is -0.456 e. The molecule has 0 bridgehead atoms. The van der Waals surface area contributed by atoms with Crippen LogP contribution >= 0.6 is 0 Å². The van der Waals surface area contributed by atoms with Crippen LogP contribution in [-0.4, -0.2) is 6.85 Å². The van der Waals surface area contributed by atoms with Gasteiger partial charge in [0, 0.05) is 67.7 Å². The predicted molar refractivity (Wildman–Crippen MR) is 334 cm³/mol. The summed E-state index contributed by atoms with van der Waals surface area (Å²) >= 11 is 0. The highest BCUT2D eigenvalue weighted by atomic mass is 16.3. The van der Waals surface area contributed by atoms with Gasteiger partial charge in [-0.1, -0.05) is 159 Å². The lowest BCUT2D eigenvalue weighted by Crippen LogP contribution is -2.61. The molecule has 16 rings (SSSR count). The van der Waals surface area contributed by atoms with Gasteiger partial charge in [0.15, 0.2) is 0 Å². The highest BCUT2D eigenvalue weighted by Gasteiger charge is 2.47. The second-order valence-electron chi connectivity index (χ2n) is 26.2. The van der Waals surface area contributed by atoms with Crippen molar-refractivity contribution in [2.45, 2.75) is 103 Å². The lowest BCUT2D eigenvalue weighted by Gasteiger charge is -2.46. The minimum absolute atomic E-state index is 0.0392. The van der Waals surface area contributed by atoms with Crippen LogP contribution in [0.15, 0.2) is 197 Å². The molecule has 0 radical (unpaired) electrons. The van der Waals surface area contributed by atoms with Gasteiger partial charge < -0.3 is 18.5 Å². The van der Waals surface area contributed by atoms with E-state index >= 15 is 0 Å². The number of hydrogen-bond acceptors (Lipinski definition) is 4. The van der Waals surface area contributed by atoms with Crippen molar-refractivity contribution in [2.24, 2.45) is 0 Å². The molecule has 384 valence electrons. The summed E-state index contributed by atoms with van der Waals surface area (Å²) in [6.45, 7) is 19.1. The number of benzene rings is 10. The van der Waals surface area contributed by atoms with Gasteiger partial charge in [-0.05, 0) is 192 Å². The number of fused-ring (bicyclic) bond motifs is 13. The van der Waals surface area contributed by atoms with Gasteiger partial charge in [0.05, 0.1) is 0 Å². The van der Waals surface area contributed by atoms with Crippen molar-refractivity contribution in [3.63, 3.8) is 0 Å². The molecule has 2 aliphatic heterocycles. The van der Waals surface area contributed by atoms with Crippen molar-refractivity contribution < 1.29 is 8.83 Å². The zero-order chi connectivity index (χ0) is 53.5. The van der Waals surface area contributed by atoms with E-state index < -0.39 is 0 Å². The van der Waals surface area contributed by atoms with Crippen molar-refractivity contribution in [1.82, 2.24) is 0 Å². The Kier molecular flexibility index (Phi) is 9.57. The number of nitrogens with zero attached hydrogens (tertiary/aromatic N) is 2. The summed E-state index contributed by atoms with van der Waals surface area (Å²) in [7, 11) is 0. The van der Waals surface area contributed by atoms with Gasteiger partial charge in [0.1, 0.15) is 22.3 Å². The van der Waals surface area contributed by atoms with E-state index in [0.29, 0.717) is 0 Å². The summed E-state index contributed by atoms with van der Waals surface area (Å²) in [5, 5.41) is 7.09. The smallest absolute Gasteiger partial charge is 0.333 e. The Morgan fingerprint density at radius 2 is 0.835 bits per heavy atom. The Hall–Kier alpha value is -8.28. The Bertz CT molecular complexity index is 4560. The minimum atomic E-state index is -0.215. The molecular formula is C74H63BN2O2. The van der Waals surface area contributed by atoms with E-state index in [1.165, 1.54) is 93.8 Å². The number of anilines is 5. The molecule has 2 aliphatic carbocycles. The molecule has 0 unspecified atom stereocenters. The summed E-state index contributed by atoms with van der Waals surface area (Å²) < 4.78 is 14.3. The van der Waals surface area contributed by atoms with Crippen LogP contribution < -0.4 is 20.6 Å². The van der Waals surface area contributed by atoms with Crippen LogP contribution in [0.1, 0.15) is 103 Å². The molecule has 0 N–H and O–H groups in total. The quantitative estimate of drug-likeness (QED) is 0.165. The van der Waals surface area contributed by atoms with Crippen LogP contribution in [0.25, 0.3) is 88.0 Å². The van der Waals surface area contributed by atoms with Crippen LogP contribution in [0.5, 0.6) is 0 Å². The maximum Gasteiger partial charge on any atom is 0.333 e. The van der Waals surface area contributed by atoms with Crippen molar-refractivity contribution in [3.05, 3.63) is 210 Å². The van der Waals surface area contributed by atoms with Gasteiger partial charge in [0.2, 0.25) is 0 Å². The molecule has 0 atom stereocenters. The zero-order valence-corrected chi connectivity index (χ0v) is 46.5. The molecule has 5 heteroatoms. The Balaban J connectivity index is 1.01. The summed E-state index contributed by atoms with van der Waals surface area (Å²) in [4.78, 5) is 5.18. The van der Waals surface area contributed by atoms with Crippen molar-refractivity contribution in [1.29, 1.82) is 0 Å². The van der Waals surface area contributed by atoms with Crippen LogP contribution in [0.2, 0.25) is 0 Å². The van der Waals surface area contributed by atoms with E-state index in [9.17, 15) is 0 Å². The molecule has 4 nitrogen and oxygen atoms in total. The first-order valence-electron chi connectivity index (χ1n) is 28.7. The Morgan fingerprint density at radius 3 is 1.44 bits per heavy atom. The van der Waals surface area contributed by atoms with E-state index in [0.717, 1.165) is 81.5 Å². The lowest BCUT2D eigenvalue weighted by molar-refractivity contribution is 0.332. The van der Waals surface area contributed by atoms with Gasteiger partial charge in [-0.2, -0.15) is 0 Å². The normalized spacial score (nSPS) is 17.2. The van der Waals surface area contributed by atoms with Crippen molar-refractivity contribution in [2.75, 3.05) is 9.71 Å². The first kappa shape index (κ1) is 46.8. The fraction of sp³-hybridized carbons (Fsp3) is 0.216. The summed E-state index contributed by atoms with van der Waals surface area (Å²) in [6.07, 6.45) is 4.60. The van der Waals surface area contributed by atoms with Crippen LogP contribution in [0.3, 0.4) is 0 Å². The highest BCUT2D eigenvalue weighted by molar-refractivity contribution is 6.94. The van der Waals surface area contributed by atoms with Crippen LogP contribution in [0, 0.1) is 0 Å². The van der Waals surface area contributed by atoms with Gasteiger partial charge in [0.25, 0.3) is 0 Å². The van der Waals surface area contributed by atoms with Gasteiger partial charge in [-0.3, -0.25) is 0 Å². The fourth-order valence-electron chi connectivity index (χ4n) is 14.7. The predicted octanol–water partition coefficient (Wildman–Crippen LogP) is 19.4. The van der Waals surface area contributed by atoms with E-state index in [-0.39, 0.29) is 28.5 Å². The summed E-state index contributed by atoms with van der Waals surface area (Å²) in [5.41, 5.74) is 24.9. The van der Waals surface area contributed by atoms with Crippen LogP contribution in [0.4, 0.5) is 28.4 Å². The monoisotopic (exact) mass is 1020 g/mol. The summed E-state index contributed by atoms with van der Waals surface area (Å²) in [6, 6.07) is 71.2. The molecule has 0 saturated heterocycles. The molecule has 2 aromatic heterocycles. The average Bonchev–Trinajstić information content (AvgIpc) is 4.03. The standard InChI is InChI=1S/C74H63BN2O2/c1-71(2)29-31-73(5,6)60-41-67-54(38-58(60)71)52-28-27-51(37-66(52)78-67)76-64-43-69-56(55-39-59-61(42-68(55)79-69)74(7,8)32-30-72(59,3)4)40-62(64)75-70-57(34-49(36-65(70)76)45-19-13-10-14-20-45)53-33-47-21-15-16-22-48(47)35-63(53)77(75)50-25-23-46(24-26-50)44-17-11-9-12-18-44/h9-28,33-43H,29-32H2,1-8H3. The third-order valence-electron chi connectivity index (χ3n) is 19.5. The third kappa shape index (κ3) is 6.87. The van der Waals surface area contributed by atoms with Gasteiger partial charge in [-0.15, -0.1) is 0 Å². The molecule has 4 aliphatic rings. The second kappa shape index (κ2) is 16.2. The van der Waals surface area contributed by atoms with Gasteiger partial charge >= 0.3 is 6.85 Å². The number of furan rings is 2. The average molecular weight is 1020 g/mol. The maximum absolute atomic E-state index is 7.22. The summed E-state index contributed by atoms with van der Waals surface area (Å²) in [5.74, 6) is 0. The molecule has 4 heterocycles. The first-order chi connectivity index (χ1) is 38.1. The SMILES string of the molecule is CC1(C)CCC(C)(C)c2cc3c(cc21)oc1cc(N2c4cc5oc6cc7c(cc6c5cc4B4c5c(cc(-c6ccccc6)cc52)-c2cc5ccccc5cc2N4c2ccc(-c4ccccc4)cc2)C(C)(C)CCC7(C)C)ccc13. The van der Waals surface area contributed by atoms with E-state index in [4.69, 9.17) is 8.83 Å². The Labute approximate surface area is 463 Å².